The molecule has 7 nitrogen and oxygen atoms in total. The lowest BCUT2D eigenvalue weighted by molar-refractivity contribution is 0.609. The minimum atomic E-state index is -0.302. The molecule has 2 aromatic heterocycles. The smallest absolute Gasteiger partial charge is 0.263 e. The molecule has 1 fully saturated rings. The van der Waals surface area contributed by atoms with E-state index >= 15 is 0 Å². The maximum absolute atomic E-state index is 13.2. The molecule has 1 saturated carbocycles. The topological polar surface area (TPSA) is 98.7 Å². The van der Waals surface area contributed by atoms with Gasteiger partial charge in [0.25, 0.3) is 5.56 Å². The van der Waals surface area contributed by atoms with Crippen molar-refractivity contribution < 1.29 is 0 Å². The Balaban J connectivity index is 1.83. The summed E-state index contributed by atoms with van der Waals surface area (Å²) in [7, 11) is 0. The van der Waals surface area contributed by atoms with E-state index in [0.29, 0.717) is 38.9 Å². The van der Waals surface area contributed by atoms with E-state index in [1.165, 1.54) is 6.33 Å². The Bertz CT molecular complexity index is 1190. The first-order chi connectivity index (χ1) is 13.5. The van der Waals surface area contributed by atoms with Crippen LogP contribution in [0.25, 0.3) is 10.9 Å². The first-order valence-electron chi connectivity index (χ1n) is 9.01. The highest BCUT2D eigenvalue weighted by atomic mass is 35.5. The van der Waals surface area contributed by atoms with Crippen LogP contribution in [0.3, 0.4) is 0 Å². The summed E-state index contributed by atoms with van der Waals surface area (Å²) in [6.45, 7) is 3.65. The molecule has 3 aromatic rings. The zero-order chi connectivity index (χ0) is 19.8. The summed E-state index contributed by atoms with van der Waals surface area (Å²) >= 11 is 6.28. The van der Waals surface area contributed by atoms with Gasteiger partial charge in [-0.3, -0.25) is 9.36 Å². The third-order valence-electron chi connectivity index (χ3n) is 4.69. The summed E-state index contributed by atoms with van der Waals surface area (Å²) in [4.78, 5) is 26.2. The van der Waals surface area contributed by atoms with Gasteiger partial charge < -0.3 is 11.1 Å². The number of hydrogen-bond donors (Lipinski definition) is 2. The van der Waals surface area contributed by atoms with Crippen LogP contribution in [-0.2, 0) is 0 Å². The fourth-order valence-electron chi connectivity index (χ4n) is 3.24. The number of fused-ring (bicyclic) bond motifs is 1. The lowest BCUT2D eigenvalue weighted by Gasteiger charge is -2.20. The fourth-order valence-corrected chi connectivity index (χ4v) is 3.49. The number of nitrogens with zero attached hydrogens (tertiary/aromatic N) is 4. The van der Waals surface area contributed by atoms with Gasteiger partial charge in [0.2, 0.25) is 0 Å². The lowest BCUT2D eigenvalue weighted by atomic mass is 10.2. The van der Waals surface area contributed by atoms with Crippen molar-refractivity contribution in [3.05, 3.63) is 51.3 Å². The van der Waals surface area contributed by atoms with Crippen LogP contribution >= 0.6 is 11.6 Å². The van der Waals surface area contributed by atoms with E-state index < -0.39 is 0 Å². The molecule has 1 aromatic carbocycles. The highest BCUT2D eigenvalue weighted by Gasteiger charge is 2.30. The molecule has 28 heavy (non-hydrogen) atoms. The summed E-state index contributed by atoms with van der Waals surface area (Å²) in [6, 6.07) is 5.15. The molecule has 3 N–H and O–H groups in total. The number of nitrogens with one attached hydrogen (secondary N) is 1. The van der Waals surface area contributed by atoms with Gasteiger partial charge in [-0.25, -0.2) is 15.0 Å². The van der Waals surface area contributed by atoms with Gasteiger partial charge >= 0.3 is 0 Å². The van der Waals surface area contributed by atoms with Crippen LogP contribution in [0.5, 0.6) is 0 Å². The number of benzene rings is 1. The molecule has 1 atom stereocenters. The van der Waals surface area contributed by atoms with E-state index in [1.807, 2.05) is 6.92 Å². The van der Waals surface area contributed by atoms with Crippen molar-refractivity contribution in [1.29, 1.82) is 0 Å². The van der Waals surface area contributed by atoms with Crippen molar-refractivity contribution in [1.82, 2.24) is 19.5 Å². The third-order valence-corrected chi connectivity index (χ3v) is 5.00. The largest absolute Gasteiger partial charge is 0.382 e. The van der Waals surface area contributed by atoms with Crippen LogP contribution in [0, 0.1) is 11.8 Å². The van der Waals surface area contributed by atoms with E-state index in [2.05, 4.69) is 27.1 Å². The molecule has 1 aliphatic carbocycles. The van der Waals surface area contributed by atoms with Gasteiger partial charge in [0, 0.05) is 6.04 Å². The van der Waals surface area contributed by atoms with Crippen LogP contribution in [0.2, 0.25) is 5.02 Å². The molecule has 0 saturated heterocycles. The van der Waals surface area contributed by atoms with E-state index in [-0.39, 0.29) is 17.6 Å². The monoisotopic (exact) mass is 394 g/mol. The molecule has 4 rings (SSSR count). The predicted octanol–water partition coefficient (Wildman–Crippen LogP) is 3.30. The summed E-state index contributed by atoms with van der Waals surface area (Å²) in [6.07, 6.45) is 3.28. The number of nitrogens with two attached hydrogens (primary N) is 1. The number of halogens is 1. The van der Waals surface area contributed by atoms with Crippen LogP contribution in [0.4, 0.5) is 11.6 Å². The first-order valence-corrected chi connectivity index (χ1v) is 9.39. The standard InChI is InChI=1S/C20H19ClN6O/c1-3-5-13-17(22)23-10-24-18(13)25-11(2)19-26-15-7-4-6-14(21)16(15)20(28)27(19)12-8-9-12/h4,6-7,10-12H,8-9H2,1-2H3,(H3,22,23,24,25). The van der Waals surface area contributed by atoms with Crippen LogP contribution < -0.4 is 16.6 Å². The molecule has 142 valence electrons. The van der Waals surface area contributed by atoms with Crippen molar-refractivity contribution in [3.8, 4) is 11.8 Å². The number of aromatic nitrogens is 4. The van der Waals surface area contributed by atoms with Gasteiger partial charge in [-0.1, -0.05) is 23.6 Å². The minimum absolute atomic E-state index is 0.113. The molecule has 0 aliphatic heterocycles. The Morgan fingerprint density at radius 3 is 2.86 bits per heavy atom. The lowest BCUT2D eigenvalue weighted by Crippen LogP contribution is -2.28. The SMILES string of the molecule is CC#Cc1c(N)ncnc1NC(C)c1nc2cccc(Cl)c2c(=O)n1C1CC1. The predicted molar refractivity (Wildman–Crippen MR) is 110 cm³/mol. The zero-order valence-corrected chi connectivity index (χ0v) is 16.3. The van der Waals surface area contributed by atoms with Gasteiger partial charge in [0.1, 0.15) is 29.4 Å². The molecule has 0 radical (unpaired) electrons. The van der Waals surface area contributed by atoms with Crippen molar-refractivity contribution >= 4 is 34.1 Å². The maximum Gasteiger partial charge on any atom is 0.263 e. The normalized spacial score (nSPS) is 14.4. The van der Waals surface area contributed by atoms with E-state index in [4.69, 9.17) is 22.3 Å². The Kier molecular flexibility index (Phi) is 4.65. The van der Waals surface area contributed by atoms with Crippen molar-refractivity contribution in [2.75, 3.05) is 11.1 Å². The van der Waals surface area contributed by atoms with Crippen LogP contribution in [0.15, 0.2) is 29.3 Å². The molecular weight excluding hydrogens is 376 g/mol. The molecule has 0 amide bonds. The second-order valence-electron chi connectivity index (χ2n) is 6.73. The number of nitrogen functional groups attached to an aromatic ring is 1. The van der Waals surface area contributed by atoms with Crippen LogP contribution in [-0.4, -0.2) is 19.5 Å². The fraction of sp³-hybridized carbons (Fsp3) is 0.300. The molecular formula is C20H19ClN6O. The number of rotatable bonds is 4. The van der Waals surface area contributed by atoms with Crippen molar-refractivity contribution in [3.63, 3.8) is 0 Å². The van der Waals surface area contributed by atoms with Gasteiger partial charge in [0.05, 0.1) is 22.0 Å². The zero-order valence-electron chi connectivity index (χ0n) is 15.5. The molecule has 8 heteroatoms. The molecule has 2 heterocycles. The Morgan fingerprint density at radius 1 is 1.36 bits per heavy atom. The Morgan fingerprint density at radius 2 is 2.14 bits per heavy atom. The summed E-state index contributed by atoms with van der Waals surface area (Å²) in [5.74, 6) is 7.20. The van der Waals surface area contributed by atoms with Crippen molar-refractivity contribution in [2.24, 2.45) is 0 Å². The molecule has 1 unspecified atom stereocenters. The number of anilines is 2. The average molecular weight is 395 g/mol. The van der Waals surface area contributed by atoms with Gasteiger partial charge in [0.15, 0.2) is 0 Å². The number of hydrogen-bond acceptors (Lipinski definition) is 6. The highest BCUT2D eigenvalue weighted by molar-refractivity contribution is 6.35. The maximum atomic E-state index is 13.2. The van der Waals surface area contributed by atoms with Gasteiger partial charge in [-0.15, -0.1) is 5.92 Å². The summed E-state index contributed by atoms with van der Waals surface area (Å²) in [5, 5.41) is 4.16. The molecule has 1 aliphatic rings. The summed E-state index contributed by atoms with van der Waals surface area (Å²) < 4.78 is 1.75. The van der Waals surface area contributed by atoms with Crippen LogP contribution in [0.1, 0.15) is 50.2 Å². The molecule has 0 spiro atoms. The Labute approximate surface area is 167 Å². The van der Waals surface area contributed by atoms with E-state index in [9.17, 15) is 4.79 Å². The van der Waals surface area contributed by atoms with E-state index in [0.717, 1.165) is 12.8 Å². The van der Waals surface area contributed by atoms with Gasteiger partial charge in [-0.05, 0) is 38.8 Å². The quantitative estimate of drug-likeness (QED) is 0.659. The van der Waals surface area contributed by atoms with E-state index in [1.54, 1.807) is 29.7 Å². The third kappa shape index (κ3) is 3.16. The Hall–Kier alpha value is -3.11. The summed E-state index contributed by atoms with van der Waals surface area (Å²) in [5.41, 5.74) is 6.94. The van der Waals surface area contributed by atoms with Crippen molar-refractivity contribution in [2.45, 2.75) is 38.8 Å². The second kappa shape index (κ2) is 7.13. The highest BCUT2D eigenvalue weighted by Crippen LogP contribution is 2.37. The molecule has 0 bridgehead atoms. The van der Waals surface area contributed by atoms with Gasteiger partial charge in [-0.2, -0.15) is 0 Å². The average Bonchev–Trinajstić information content (AvgIpc) is 3.49. The minimum Gasteiger partial charge on any atom is -0.382 e. The first kappa shape index (κ1) is 18.3. The second-order valence-corrected chi connectivity index (χ2v) is 7.14.